The van der Waals surface area contributed by atoms with Gasteiger partial charge in [-0.25, -0.2) is 0 Å². The topological polar surface area (TPSA) is 0 Å². The van der Waals surface area contributed by atoms with Gasteiger partial charge < -0.3 is 0 Å². The Morgan fingerprint density at radius 2 is 1.40 bits per heavy atom. The van der Waals surface area contributed by atoms with Crippen molar-refractivity contribution in [2.24, 2.45) is 11.8 Å². The van der Waals surface area contributed by atoms with E-state index in [1.165, 1.54) is 54.8 Å². The average molecular weight is 226 g/mol. The predicted octanol–water partition coefficient (Wildman–Crippen LogP) is 4.45. The van der Waals surface area contributed by atoms with Crippen LogP contribution in [0.1, 0.15) is 73.1 Å². The molecule has 0 aromatic carbocycles. The van der Waals surface area contributed by atoms with Gasteiger partial charge >= 0.3 is 0 Å². The van der Waals surface area contributed by atoms with Crippen molar-refractivity contribution >= 4 is 16.3 Å². The smallest absolute Gasteiger partial charge is 0.0792 e. The highest BCUT2D eigenvalue weighted by atomic mass is 27.0. The van der Waals surface area contributed by atoms with Crippen LogP contribution in [0.3, 0.4) is 0 Å². The molecule has 1 heteroatoms. The molecule has 0 N–H and O–H groups in total. The number of rotatable bonds is 8. The third kappa shape index (κ3) is 8.35. The first-order valence-electron chi connectivity index (χ1n) is 6.89. The van der Waals surface area contributed by atoms with Gasteiger partial charge in [0, 0.05) is 0 Å². The van der Waals surface area contributed by atoms with E-state index in [9.17, 15) is 0 Å². The SMILES string of the molecule is CCCCC[C]([AlH2])(CC(C)C)CC(C)C. The zero-order valence-corrected chi connectivity index (χ0v) is 13.9. The van der Waals surface area contributed by atoms with Crippen molar-refractivity contribution in [1.29, 1.82) is 0 Å². The molecule has 0 unspecified atom stereocenters. The highest BCUT2D eigenvalue weighted by molar-refractivity contribution is 6.15. The highest BCUT2D eigenvalue weighted by Gasteiger charge is 2.25. The molecule has 0 nitrogen and oxygen atoms in total. The van der Waals surface area contributed by atoms with Gasteiger partial charge in [0.05, 0.1) is 0 Å². The molecule has 0 radical (unpaired) electrons. The Morgan fingerprint density at radius 3 is 1.73 bits per heavy atom. The van der Waals surface area contributed by atoms with Crippen LogP contribution in [0.5, 0.6) is 0 Å². The lowest BCUT2D eigenvalue weighted by atomic mass is 9.84. The summed E-state index contributed by atoms with van der Waals surface area (Å²) in [6, 6.07) is 0. The van der Waals surface area contributed by atoms with Crippen molar-refractivity contribution in [3.05, 3.63) is 0 Å². The fourth-order valence-electron chi connectivity index (χ4n) is 3.06. The van der Waals surface area contributed by atoms with Gasteiger partial charge in [-0.05, 0) is 11.8 Å². The first-order chi connectivity index (χ1) is 6.89. The van der Waals surface area contributed by atoms with E-state index >= 15 is 0 Å². The molecule has 0 aliphatic heterocycles. The highest BCUT2D eigenvalue weighted by Crippen LogP contribution is 2.42. The van der Waals surface area contributed by atoms with Gasteiger partial charge in [-0.1, -0.05) is 77.4 Å². The van der Waals surface area contributed by atoms with Crippen LogP contribution in [0.2, 0.25) is 4.28 Å². The lowest BCUT2D eigenvalue weighted by Gasteiger charge is -2.33. The second-order valence-electron chi connectivity index (χ2n) is 6.46. The van der Waals surface area contributed by atoms with Gasteiger partial charge in [0.25, 0.3) is 0 Å². The van der Waals surface area contributed by atoms with E-state index < -0.39 is 0 Å². The Labute approximate surface area is 106 Å². The van der Waals surface area contributed by atoms with Crippen molar-refractivity contribution in [2.75, 3.05) is 0 Å². The average Bonchev–Trinajstić information content (AvgIpc) is 2.00. The van der Waals surface area contributed by atoms with Crippen LogP contribution in [-0.4, -0.2) is 16.3 Å². The second kappa shape index (κ2) is 7.75. The van der Waals surface area contributed by atoms with Crippen molar-refractivity contribution in [1.82, 2.24) is 0 Å². The van der Waals surface area contributed by atoms with Gasteiger partial charge in [-0.2, -0.15) is 0 Å². The molecule has 15 heavy (non-hydrogen) atoms. The minimum atomic E-state index is 0.734. The first kappa shape index (κ1) is 15.5. The maximum atomic E-state index is 2.38. The van der Waals surface area contributed by atoms with E-state index in [1.807, 2.05) is 0 Å². The summed E-state index contributed by atoms with van der Waals surface area (Å²) in [6.45, 7) is 11.8. The molecule has 90 valence electrons. The number of unbranched alkanes of at least 4 members (excludes halogenated alkanes) is 2. The Kier molecular flexibility index (Phi) is 8.02. The molecule has 0 atom stereocenters. The number of hydrogen-bond donors (Lipinski definition) is 0. The maximum Gasteiger partial charge on any atom is 0.221 e. The van der Waals surface area contributed by atoms with Gasteiger partial charge in [0.1, 0.15) is 0 Å². The standard InChI is InChI=1S/C14H29.Al.2H/c1-6-7-8-9-14(10-12(2)3)11-13(4)5;;;/h12-13H,6-11H2,1-5H3;;;. The van der Waals surface area contributed by atoms with Crippen LogP contribution in [0.25, 0.3) is 0 Å². The molecule has 0 heterocycles. The summed E-state index contributed by atoms with van der Waals surface area (Å²) in [4.78, 5) is 0. The zero-order valence-electron chi connectivity index (χ0n) is 11.9. The van der Waals surface area contributed by atoms with E-state index in [0.29, 0.717) is 0 Å². The second-order valence-corrected chi connectivity index (χ2v) is 8.59. The molecule has 0 aromatic heterocycles. The minimum absolute atomic E-state index is 0.734. The van der Waals surface area contributed by atoms with E-state index in [4.69, 9.17) is 0 Å². The molecule has 0 amide bonds. The fraction of sp³-hybridized carbons (Fsp3) is 1.00. The predicted molar refractivity (Wildman–Crippen MR) is 74.3 cm³/mol. The third-order valence-electron chi connectivity index (χ3n) is 3.19. The largest absolute Gasteiger partial charge is 0.221 e. The van der Waals surface area contributed by atoms with Gasteiger partial charge in [0.15, 0.2) is 0 Å². The maximum absolute atomic E-state index is 2.38. The van der Waals surface area contributed by atoms with Crippen LogP contribution in [0.15, 0.2) is 0 Å². The lowest BCUT2D eigenvalue weighted by Crippen LogP contribution is -2.18. The first-order valence-corrected chi connectivity index (χ1v) is 7.89. The van der Waals surface area contributed by atoms with E-state index in [-0.39, 0.29) is 0 Å². The molecule has 0 aromatic rings. The van der Waals surface area contributed by atoms with Crippen LogP contribution in [0, 0.1) is 11.8 Å². The van der Waals surface area contributed by atoms with Gasteiger partial charge in [-0.15, -0.1) is 0 Å². The molecular weight excluding hydrogens is 195 g/mol. The summed E-state index contributed by atoms with van der Waals surface area (Å²) in [5, 5.41) is 0. The van der Waals surface area contributed by atoms with Crippen LogP contribution >= 0.6 is 0 Å². The van der Waals surface area contributed by atoms with Crippen molar-refractivity contribution < 1.29 is 0 Å². The molecule has 0 rings (SSSR count). The summed E-state index contributed by atoms with van der Waals surface area (Å²) < 4.78 is 0.734. The van der Waals surface area contributed by atoms with Crippen LogP contribution in [-0.2, 0) is 0 Å². The monoisotopic (exact) mass is 226 g/mol. The third-order valence-corrected chi connectivity index (χ3v) is 4.50. The van der Waals surface area contributed by atoms with Crippen molar-refractivity contribution in [2.45, 2.75) is 77.4 Å². The molecule has 0 saturated heterocycles. The lowest BCUT2D eigenvalue weighted by molar-refractivity contribution is 0.335. The molecular formula is C14H31Al. The molecule has 0 aliphatic rings. The Morgan fingerprint density at radius 1 is 0.933 bits per heavy atom. The van der Waals surface area contributed by atoms with E-state index in [2.05, 4.69) is 34.6 Å². The normalized spacial score (nSPS) is 12.7. The molecule has 0 spiro atoms. The Hall–Kier alpha value is 0.532. The Balaban J connectivity index is 4.14. The van der Waals surface area contributed by atoms with Gasteiger partial charge in [-0.3, -0.25) is 0 Å². The van der Waals surface area contributed by atoms with Crippen molar-refractivity contribution in [3.63, 3.8) is 0 Å². The molecule has 0 fully saturated rings. The van der Waals surface area contributed by atoms with Crippen molar-refractivity contribution in [3.8, 4) is 0 Å². The fourth-order valence-corrected chi connectivity index (χ4v) is 5.05. The summed E-state index contributed by atoms with van der Waals surface area (Å²) in [6.07, 6.45) is 8.66. The summed E-state index contributed by atoms with van der Waals surface area (Å²) in [7, 11) is 0. The van der Waals surface area contributed by atoms with E-state index in [0.717, 1.165) is 16.1 Å². The summed E-state index contributed by atoms with van der Waals surface area (Å²) in [5.74, 6) is 1.76. The van der Waals surface area contributed by atoms with E-state index in [1.54, 1.807) is 0 Å². The van der Waals surface area contributed by atoms with Gasteiger partial charge in [0.2, 0.25) is 16.3 Å². The number of hydrogen-bond acceptors (Lipinski definition) is 0. The Bertz CT molecular complexity index is 139. The quantitative estimate of drug-likeness (QED) is 0.424. The molecule has 0 saturated carbocycles. The molecule has 0 bridgehead atoms. The zero-order chi connectivity index (χ0) is 11.9. The minimum Gasteiger partial charge on any atom is -0.0792 e. The van der Waals surface area contributed by atoms with Crippen LogP contribution < -0.4 is 0 Å². The van der Waals surface area contributed by atoms with Crippen LogP contribution in [0.4, 0.5) is 0 Å². The summed E-state index contributed by atoms with van der Waals surface area (Å²) >= 11 is 1.38. The summed E-state index contributed by atoms with van der Waals surface area (Å²) in [5.41, 5.74) is 0. The molecule has 0 aliphatic carbocycles.